The monoisotopic (exact) mass is 796 g/mol. The number of hydrogen-bond acceptors (Lipinski definition) is 10. The summed E-state index contributed by atoms with van der Waals surface area (Å²) < 4.78 is 61.3. The molecule has 2 aromatic heterocycles. The van der Waals surface area contributed by atoms with Gasteiger partial charge in [-0.1, -0.05) is 12.1 Å². The van der Waals surface area contributed by atoms with Crippen LogP contribution in [-0.4, -0.2) is 68.8 Å². The number of aromatic nitrogens is 2. The summed E-state index contributed by atoms with van der Waals surface area (Å²) in [5.41, 5.74) is 3.44. The lowest BCUT2D eigenvalue weighted by Crippen LogP contribution is -2.36. The standard InChI is InChI=1S/C28H26F2N4O4S.C9H9BrOS/c1-16-27(22-10-18(17(2)35)4-5-25(22)39(3,36)37)33-24-12-19(29)11-23(30)26(24)28(16)32-20-13-21(15-31-14-20)34-6-8-38-9-7-34;1-6(11)7-3-4-9(12-2)8(10)5-7/h4-5,10-15H,6-9H2,1-3H3,(H,32,33);3-5H,1-2H3. The topological polar surface area (TPSA) is 119 Å². The quantitative estimate of drug-likeness (QED) is 0.121. The van der Waals surface area contributed by atoms with Gasteiger partial charge < -0.3 is 15.0 Å². The molecule has 9 nitrogen and oxygen atoms in total. The first-order valence-corrected chi connectivity index (χ1v) is 19.6. The van der Waals surface area contributed by atoms with E-state index in [0.29, 0.717) is 37.6 Å². The molecule has 0 bridgehead atoms. The molecule has 1 saturated heterocycles. The Morgan fingerprint density at radius 3 is 2.25 bits per heavy atom. The highest BCUT2D eigenvalue weighted by atomic mass is 79.9. The van der Waals surface area contributed by atoms with Crippen molar-refractivity contribution in [1.29, 1.82) is 0 Å². The maximum atomic E-state index is 15.2. The molecule has 0 saturated carbocycles. The molecular formula is C37H35BrF2N4O5S2. The van der Waals surface area contributed by atoms with Crippen LogP contribution in [0.5, 0.6) is 0 Å². The van der Waals surface area contributed by atoms with Gasteiger partial charge in [0.1, 0.15) is 11.6 Å². The Kier molecular flexibility index (Phi) is 11.9. The van der Waals surface area contributed by atoms with E-state index in [-0.39, 0.29) is 49.9 Å². The molecule has 1 aliphatic rings. The van der Waals surface area contributed by atoms with Gasteiger partial charge in [0.25, 0.3) is 0 Å². The number of nitrogens with zero attached hydrogens (tertiary/aromatic N) is 3. The van der Waals surface area contributed by atoms with Crippen molar-refractivity contribution in [3.63, 3.8) is 0 Å². The Morgan fingerprint density at radius 2 is 1.63 bits per heavy atom. The maximum Gasteiger partial charge on any atom is 0.176 e. The van der Waals surface area contributed by atoms with Gasteiger partial charge >= 0.3 is 0 Å². The van der Waals surface area contributed by atoms with Gasteiger partial charge in [-0.25, -0.2) is 22.2 Å². The van der Waals surface area contributed by atoms with Crippen molar-refractivity contribution in [1.82, 2.24) is 9.97 Å². The lowest BCUT2D eigenvalue weighted by atomic mass is 9.99. The fourth-order valence-corrected chi connectivity index (χ4v) is 7.79. The number of carbonyl (C=O) groups excluding carboxylic acids is 2. The number of rotatable bonds is 8. The Bertz CT molecular complexity index is 2260. The van der Waals surface area contributed by atoms with E-state index in [0.717, 1.165) is 39.0 Å². The van der Waals surface area contributed by atoms with Gasteiger partial charge in [0.05, 0.1) is 64.2 Å². The lowest BCUT2D eigenvalue weighted by molar-refractivity contribution is 0.100. The van der Waals surface area contributed by atoms with Crippen LogP contribution >= 0.6 is 27.7 Å². The van der Waals surface area contributed by atoms with Crippen LogP contribution in [-0.2, 0) is 14.6 Å². The molecule has 0 spiro atoms. The van der Waals surface area contributed by atoms with E-state index >= 15 is 4.39 Å². The summed E-state index contributed by atoms with van der Waals surface area (Å²) in [7, 11) is -3.75. The third-order valence-electron chi connectivity index (χ3n) is 8.22. The molecular weight excluding hydrogens is 762 g/mol. The highest BCUT2D eigenvalue weighted by molar-refractivity contribution is 9.10. The number of anilines is 3. The molecule has 0 amide bonds. The van der Waals surface area contributed by atoms with Crippen molar-refractivity contribution in [3.05, 3.63) is 99.8 Å². The normalized spacial score (nSPS) is 13.1. The number of carbonyl (C=O) groups is 2. The number of Topliss-reactive ketones (excluding diaryl/α,β-unsaturated/α-hetero) is 2. The molecule has 0 atom stereocenters. The number of ketones is 2. The third-order valence-corrected chi connectivity index (χ3v) is 11.1. The summed E-state index contributed by atoms with van der Waals surface area (Å²) in [6.45, 7) is 7.18. The van der Waals surface area contributed by atoms with Crippen molar-refractivity contribution in [2.24, 2.45) is 0 Å². The smallest absolute Gasteiger partial charge is 0.176 e. The molecule has 5 aromatic rings. The second-order valence-corrected chi connectivity index (χ2v) is 15.5. The predicted octanol–water partition coefficient (Wildman–Crippen LogP) is 8.44. The molecule has 0 radical (unpaired) electrons. The number of nitrogens with one attached hydrogen (secondary N) is 1. The molecule has 51 heavy (non-hydrogen) atoms. The van der Waals surface area contributed by atoms with Crippen molar-refractivity contribution >= 4 is 77.1 Å². The summed E-state index contributed by atoms with van der Waals surface area (Å²) in [5, 5.41) is 3.26. The Balaban J connectivity index is 0.000000357. The molecule has 1 fully saturated rings. The van der Waals surface area contributed by atoms with Crippen molar-refractivity contribution in [2.45, 2.75) is 30.6 Å². The van der Waals surface area contributed by atoms with E-state index in [1.54, 1.807) is 38.0 Å². The molecule has 0 aliphatic carbocycles. The van der Waals surface area contributed by atoms with Gasteiger partial charge in [0, 0.05) is 57.5 Å². The average Bonchev–Trinajstić information content (AvgIpc) is 3.09. The van der Waals surface area contributed by atoms with Crippen LogP contribution in [0.3, 0.4) is 0 Å². The molecule has 0 unspecified atom stereocenters. The number of hydrogen-bond donors (Lipinski definition) is 1. The second-order valence-electron chi connectivity index (χ2n) is 11.8. The average molecular weight is 798 g/mol. The zero-order valence-electron chi connectivity index (χ0n) is 28.5. The minimum atomic E-state index is -3.75. The van der Waals surface area contributed by atoms with Gasteiger partial charge in [0.2, 0.25) is 0 Å². The van der Waals surface area contributed by atoms with Gasteiger partial charge in [-0.3, -0.25) is 14.6 Å². The lowest BCUT2D eigenvalue weighted by Gasteiger charge is -2.28. The fraction of sp³-hybridized carbons (Fsp3) is 0.243. The second kappa shape index (κ2) is 16.0. The third kappa shape index (κ3) is 8.80. The van der Waals surface area contributed by atoms with Crippen LogP contribution in [0.4, 0.5) is 25.8 Å². The van der Waals surface area contributed by atoms with Gasteiger partial charge in [-0.15, -0.1) is 11.8 Å². The largest absolute Gasteiger partial charge is 0.378 e. The highest BCUT2D eigenvalue weighted by Crippen LogP contribution is 2.39. The number of ether oxygens (including phenoxy) is 1. The van der Waals surface area contributed by atoms with Crippen molar-refractivity contribution in [3.8, 4) is 11.3 Å². The SMILES string of the molecule is CC(=O)c1ccc(S(C)(=O)=O)c(-c2nc3cc(F)cc(F)c3c(Nc3cncc(N4CCOCC4)c3)c2C)c1.CSc1ccc(C(C)=O)cc1Br. The summed E-state index contributed by atoms with van der Waals surface area (Å²) >= 11 is 5.06. The van der Waals surface area contributed by atoms with Crippen LogP contribution in [0.1, 0.15) is 40.1 Å². The summed E-state index contributed by atoms with van der Waals surface area (Å²) in [4.78, 5) is 35.2. The van der Waals surface area contributed by atoms with Crippen LogP contribution in [0.2, 0.25) is 0 Å². The first-order valence-electron chi connectivity index (χ1n) is 15.7. The number of pyridine rings is 2. The van der Waals surface area contributed by atoms with E-state index in [1.165, 1.54) is 25.1 Å². The van der Waals surface area contributed by atoms with Crippen LogP contribution in [0, 0.1) is 18.6 Å². The Hall–Kier alpha value is -4.24. The number of thioether (sulfide) groups is 1. The number of benzene rings is 3. The van der Waals surface area contributed by atoms with E-state index in [9.17, 15) is 22.4 Å². The summed E-state index contributed by atoms with van der Waals surface area (Å²) in [5.74, 6) is -1.82. The predicted molar refractivity (Wildman–Crippen MR) is 201 cm³/mol. The van der Waals surface area contributed by atoms with E-state index < -0.39 is 21.5 Å². The number of fused-ring (bicyclic) bond motifs is 1. The molecule has 14 heteroatoms. The highest BCUT2D eigenvalue weighted by Gasteiger charge is 2.24. The first-order chi connectivity index (χ1) is 24.2. The molecule has 3 heterocycles. The van der Waals surface area contributed by atoms with E-state index in [1.807, 2.05) is 30.5 Å². The molecule has 6 rings (SSSR count). The first kappa shape index (κ1) is 38.0. The van der Waals surface area contributed by atoms with E-state index in [4.69, 9.17) is 4.74 Å². The van der Waals surface area contributed by atoms with Gasteiger partial charge in [0.15, 0.2) is 21.4 Å². The Morgan fingerprint density at radius 1 is 0.961 bits per heavy atom. The molecule has 1 aliphatic heterocycles. The van der Waals surface area contributed by atoms with Crippen LogP contribution in [0.15, 0.2) is 81.3 Å². The van der Waals surface area contributed by atoms with E-state index in [2.05, 4.69) is 36.1 Å². The van der Waals surface area contributed by atoms with Gasteiger partial charge in [-0.05, 0) is 78.9 Å². The minimum Gasteiger partial charge on any atom is -0.378 e. The fourth-order valence-electron chi connectivity index (χ4n) is 5.60. The summed E-state index contributed by atoms with van der Waals surface area (Å²) in [6.07, 6.45) is 6.36. The molecule has 3 aromatic carbocycles. The van der Waals surface area contributed by atoms with Crippen LogP contribution in [0.25, 0.3) is 22.2 Å². The maximum absolute atomic E-state index is 15.2. The van der Waals surface area contributed by atoms with Crippen molar-refractivity contribution in [2.75, 3.05) is 49.0 Å². The number of halogens is 3. The van der Waals surface area contributed by atoms with Crippen molar-refractivity contribution < 1.29 is 31.5 Å². The minimum absolute atomic E-state index is 0.0134. The number of sulfone groups is 1. The zero-order valence-corrected chi connectivity index (χ0v) is 31.7. The molecule has 1 N–H and O–H groups in total. The number of morpholine rings is 1. The Labute approximate surface area is 307 Å². The van der Waals surface area contributed by atoms with Gasteiger partial charge in [-0.2, -0.15) is 0 Å². The molecule has 266 valence electrons. The zero-order chi connectivity index (χ0) is 37.0. The summed E-state index contributed by atoms with van der Waals surface area (Å²) in [6, 6.07) is 13.6. The van der Waals surface area contributed by atoms with Crippen LogP contribution < -0.4 is 10.2 Å².